The van der Waals surface area contributed by atoms with Crippen molar-refractivity contribution in [3.63, 3.8) is 0 Å². The third kappa shape index (κ3) is 4.62. The predicted octanol–water partition coefficient (Wildman–Crippen LogP) is 2.17. The summed E-state index contributed by atoms with van der Waals surface area (Å²) in [5.41, 5.74) is 1.34. The topological polar surface area (TPSA) is 43.2 Å². The standard InChI is InChI=1S/C18H26N4O/c1-16(21-11-13-23-14-12-21)7-8-18-19-15-20-22(18)10-9-17-5-3-2-4-6-17/h2-6,15-16H,7-14H2,1H3/t16-/m0/s1. The fraction of sp³-hybridized carbons (Fsp3) is 0.556. The van der Waals surface area contributed by atoms with E-state index in [1.807, 2.05) is 0 Å². The van der Waals surface area contributed by atoms with Crippen molar-refractivity contribution in [3.05, 3.63) is 48.0 Å². The predicted molar refractivity (Wildman–Crippen MR) is 90.3 cm³/mol. The fourth-order valence-electron chi connectivity index (χ4n) is 3.09. The first kappa shape index (κ1) is 16.1. The molecule has 0 radical (unpaired) electrons. The zero-order valence-electron chi connectivity index (χ0n) is 13.9. The second kappa shape index (κ2) is 8.22. The number of nitrogens with zero attached hydrogens (tertiary/aromatic N) is 4. The van der Waals surface area contributed by atoms with E-state index in [1.54, 1.807) is 6.33 Å². The van der Waals surface area contributed by atoms with Crippen LogP contribution >= 0.6 is 0 Å². The molecule has 1 atom stereocenters. The number of benzene rings is 1. The van der Waals surface area contributed by atoms with Gasteiger partial charge >= 0.3 is 0 Å². The molecule has 5 nitrogen and oxygen atoms in total. The maximum absolute atomic E-state index is 5.43. The van der Waals surface area contributed by atoms with Gasteiger partial charge in [-0.2, -0.15) is 5.10 Å². The molecular formula is C18H26N4O. The molecule has 1 aliphatic heterocycles. The highest BCUT2D eigenvalue weighted by molar-refractivity contribution is 5.14. The van der Waals surface area contributed by atoms with Crippen molar-refractivity contribution in [2.24, 2.45) is 0 Å². The van der Waals surface area contributed by atoms with Crippen molar-refractivity contribution in [1.82, 2.24) is 19.7 Å². The van der Waals surface area contributed by atoms with Crippen LogP contribution in [0, 0.1) is 0 Å². The molecule has 0 saturated carbocycles. The molecule has 0 N–H and O–H groups in total. The van der Waals surface area contributed by atoms with E-state index in [1.165, 1.54) is 5.56 Å². The SMILES string of the molecule is C[C@@H](CCc1ncnn1CCc1ccccc1)N1CCOCC1. The van der Waals surface area contributed by atoms with Gasteiger partial charge in [-0.25, -0.2) is 9.67 Å². The Balaban J connectivity index is 1.49. The molecule has 23 heavy (non-hydrogen) atoms. The molecule has 124 valence electrons. The van der Waals surface area contributed by atoms with Gasteiger partial charge in [0.25, 0.3) is 0 Å². The number of morpholine rings is 1. The molecule has 1 aromatic heterocycles. The van der Waals surface area contributed by atoms with E-state index in [9.17, 15) is 0 Å². The van der Waals surface area contributed by atoms with Crippen molar-refractivity contribution < 1.29 is 4.74 Å². The average Bonchev–Trinajstić information content (AvgIpc) is 3.07. The Morgan fingerprint density at radius 1 is 1.13 bits per heavy atom. The largest absolute Gasteiger partial charge is 0.379 e. The first-order valence-electron chi connectivity index (χ1n) is 8.55. The molecule has 2 aromatic rings. The molecule has 0 spiro atoms. The quantitative estimate of drug-likeness (QED) is 0.785. The molecule has 2 heterocycles. The smallest absolute Gasteiger partial charge is 0.138 e. The van der Waals surface area contributed by atoms with Crippen molar-refractivity contribution in [2.45, 2.75) is 38.8 Å². The van der Waals surface area contributed by atoms with E-state index in [0.717, 1.165) is 57.9 Å². The van der Waals surface area contributed by atoms with E-state index >= 15 is 0 Å². The zero-order valence-corrected chi connectivity index (χ0v) is 13.9. The van der Waals surface area contributed by atoms with E-state index < -0.39 is 0 Å². The van der Waals surface area contributed by atoms with Gasteiger partial charge in [0.2, 0.25) is 0 Å². The van der Waals surface area contributed by atoms with Crippen LogP contribution in [-0.2, 0) is 24.1 Å². The third-order valence-corrected chi connectivity index (χ3v) is 4.61. The van der Waals surface area contributed by atoms with Gasteiger partial charge in [-0.15, -0.1) is 0 Å². The lowest BCUT2D eigenvalue weighted by molar-refractivity contribution is 0.0186. The summed E-state index contributed by atoms with van der Waals surface area (Å²) in [6.45, 7) is 7.00. The second-order valence-electron chi connectivity index (χ2n) is 6.17. The van der Waals surface area contributed by atoms with Crippen molar-refractivity contribution >= 4 is 0 Å². The summed E-state index contributed by atoms with van der Waals surface area (Å²) in [6.07, 6.45) is 4.77. The highest BCUT2D eigenvalue weighted by Crippen LogP contribution is 2.11. The van der Waals surface area contributed by atoms with Crippen LogP contribution in [0.1, 0.15) is 24.7 Å². The van der Waals surface area contributed by atoms with Gasteiger partial charge in [-0.1, -0.05) is 30.3 Å². The zero-order chi connectivity index (χ0) is 15.9. The molecule has 5 heteroatoms. The molecule has 0 unspecified atom stereocenters. The van der Waals surface area contributed by atoms with Crippen LogP contribution in [0.3, 0.4) is 0 Å². The molecule has 1 aromatic carbocycles. The summed E-state index contributed by atoms with van der Waals surface area (Å²) < 4.78 is 7.48. The molecule has 3 rings (SSSR count). The number of aromatic nitrogens is 3. The van der Waals surface area contributed by atoms with Gasteiger partial charge in [0.05, 0.1) is 13.2 Å². The molecular weight excluding hydrogens is 288 g/mol. The summed E-state index contributed by atoms with van der Waals surface area (Å²) >= 11 is 0. The fourth-order valence-corrected chi connectivity index (χ4v) is 3.09. The molecule has 1 aliphatic rings. The molecule has 1 fully saturated rings. The van der Waals surface area contributed by atoms with Gasteiger partial charge < -0.3 is 4.74 Å². The lowest BCUT2D eigenvalue weighted by Gasteiger charge is -2.32. The van der Waals surface area contributed by atoms with E-state index in [-0.39, 0.29) is 0 Å². The van der Waals surface area contributed by atoms with Crippen LogP contribution < -0.4 is 0 Å². The van der Waals surface area contributed by atoms with Crippen molar-refractivity contribution in [1.29, 1.82) is 0 Å². The van der Waals surface area contributed by atoms with Crippen LogP contribution in [0.25, 0.3) is 0 Å². The van der Waals surface area contributed by atoms with Crippen molar-refractivity contribution in [2.75, 3.05) is 26.3 Å². The third-order valence-electron chi connectivity index (χ3n) is 4.61. The Morgan fingerprint density at radius 2 is 1.91 bits per heavy atom. The van der Waals surface area contributed by atoms with Gasteiger partial charge in [0, 0.05) is 32.1 Å². The minimum atomic E-state index is 0.568. The van der Waals surface area contributed by atoms with E-state index in [4.69, 9.17) is 4.74 Å². The van der Waals surface area contributed by atoms with E-state index in [2.05, 4.69) is 56.9 Å². The van der Waals surface area contributed by atoms with Gasteiger partial charge in [-0.3, -0.25) is 4.90 Å². The lowest BCUT2D eigenvalue weighted by atomic mass is 10.1. The Bertz CT molecular complexity index is 578. The van der Waals surface area contributed by atoms with Crippen LogP contribution in [0.5, 0.6) is 0 Å². The van der Waals surface area contributed by atoms with E-state index in [0.29, 0.717) is 6.04 Å². The van der Waals surface area contributed by atoms with Crippen LogP contribution in [0.2, 0.25) is 0 Å². The highest BCUT2D eigenvalue weighted by atomic mass is 16.5. The monoisotopic (exact) mass is 314 g/mol. The maximum Gasteiger partial charge on any atom is 0.138 e. The number of ether oxygens (including phenoxy) is 1. The van der Waals surface area contributed by atoms with Gasteiger partial charge in [-0.05, 0) is 25.3 Å². The first-order valence-corrected chi connectivity index (χ1v) is 8.55. The molecule has 0 amide bonds. The minimum absolute atomic E-state index is 0.568. The maximum atomic E-state index is 5.43. The Morgan fingerprint density at radius 3 is 2.70 bits per heavy atom. The number of hydrogen-bond acceptors (Lipinski definition) is 4. The first-order chi connectivity index (χ1) is 11.3. The Labute approximate surface area is 138 Å². The Kier molecular flexibility index (Phi) is 5.77. The van der Waals surface area contributed by atoms with Crippen LogP contribution in [0.15, 0.2) is 36.7 Å². The summed E-state index contributed by atoms with van der Waals surface area (Å²) in [6, 6.07) is 11.1. The normalized spacial score (nSPS) is 17.3. The minimum Gasteiger partial charge on any atom is -0.379 e. The van der Waals surface area contributed by atoms with Crippen molar-refractivity contribution in [3.8, 4) is 0 Å². The summed E-state index contributed by atoms with van der Waals surface area (Å²) in [7, 11) is 0. The van der Waals surface area contributed by atoms with Gasteiger partial charge in [0.1, 0.15) is 12.2 Å². The summed E-state index contributed by atoms with van der Waals surface area (Å²) in [5.74, 6) is 1.10. The Hall–Kier alpha value is -1.72. The number of aryl methyl sites for hydroxylation is 3. The van der Waals surface area contributed by atoms with Crippen LogP contribution in [-0.4, -0.2) is 52.0 Å². The lowest BCUT2D eigenvalue weighted by Crippen LogP contribution is -2.42. The second-order valence-corrected chi connectivity index (χ2v) is 6.17. The number of hydrogen-bond donors (Lipinski definition) is 0. The molecule has 0 bridgehead atoms. The summed E-state index contributed by atoms with van der Waals surface area (Å²) in [5, 5.41) is 4.39. The molecule has 0 aliphatic carbocycles. The average molecular weight is 314 g/mol. The van der Waals surface area contributed by atoms with Crippen LogP contribution in [0.4, 0.5) is 0 Å². The van der Waals surface area contributed by atoms with Gasteiger partial charge in [0.15, 0.2) is 0 Å². The molecule has 1 saturated heterocycles. The highest BCUT2D eigenvalue weighted by Gasteiger charge is 2.17. The number of rotatable bonds is 7. The summed E-state index contributed by atoms with van der Waals surface area (Å²) in [4.78, 5) is 6.96.